The third-order valence-corrected chi connectivity index (χ3v) is 2.48. The molecule has 0 atom stereocenters. The first-order valence-corrected chi connectivity index (χ1v) is 5.47. The minimum absolute atomic E-state index is 0.0122. The molecule has 19 heavy (non-hydrogen) atoms. The van der Waals surface area contributed by atoms with E-state index in [2.05, 4.69) is 25.9 Å². The van der Waals surface area contributed by atoms with Gasteiger partial charge in [0.05, 0.1) is 14.2 Å². The molecule has 2 N–H and O–H groups in total. The Kier molecular flexibility index (Phi) is 3.91. The van der Waals surface area contributed by atoms with Gasteiger partial charge in [-0.15, -0.1) is 10.2 Å². The molecular weight excluding hydrogens is 250 g/mol. The third-order valence-electron chi connectivity index (χ3n) is 2.48. The number of benzene rings is 1. The number of aromatic nitrogens is 4. The summed E-state index contributed by atoms with van der Waals surface area (Å²) in [4.78, 5) is 11.7. The van der Waals surface area contributed by atoms with Crippen LogP contribution in [0.15, 0.2) is 18.2 Å². The van der Waals surface area contributed by atoms with Crippen molar-refractivity contribution in [3.8, 4) is 11.5 Å². The summed E-state index contributed by atoms with van der Waals surface area (Å²) in [6, 6.07) is 5.34. The summed E-state index contributed by atoms with van der Waals surface area (Å²) in [7, 11) is 3.13. The van der Waals surface area contributed by atoms with Gasteiger partial charge in [0.2, 0.25) is 0 Å². The standard InChI is InChI=1S/C11H13N5O3/c1-18-8-3-4-9(19-2)7(5-8)6-12-11(17)10-13-15-16-14-10/h3-5H,6H2,1-2H3,(H,12,17)(H,13,14,15,16). The summed E-state index contributed by atoms with van der Waals surface area (Å²) >= 11 is 0. The minimum Gasteiger partial charge on any atom is -0.497 e. The Morgan fingerprint density at radius 2 is 2.21 bits per heavy atom. The molecule has 1 amide bonds. The van der Waals surface area contributed by atoms with Crippen LogP contribution >= 0.6 is 0 Å². The number of ether oxygens (including phenoxy) is 2. The molecule has 2 aromatic rings. The van der Waals surface area contributed by atoms with E-state index in [4.69, 9.17) is 9.47 Å². The normalized spacial score (nSPS) is 10.0. The number of hydrogen-bond donors (Lipinski definition) is 2. The smallest absolute Gasteiger partial charge is 0.293 e. The van der Waals surface area contributed by atoms with E-state index in [0.717, 1.165) is 5.56 Å². The van der Waals surface area contributed by atoms with Crippen LogP contribution < -0.4 is 14.8 Å². The zero-order valence-corrected chi connectivity index (χ0v) is 10.5. The lowest BCUT2D eigenvalue weighted by atomic mass is 10.2. The number of amides is 1. The van der Waals surface area contributed by atoms with Gasteiger partial charge in [-0.05, 0) is 23.4 Å². The average Bonchev–Trinajstić information content (AvgIpc) is 2.98. The highest BCUT2D eigenvalue weighted by Crippen LogP contribution is 2.23. The predicted molar refractivity (Wildman–Crippen MR) is 64.9 cm³/mol. The van der Waals surface area contributed by atoms with Crippen molar-refractivity contribution in [3.63, 3.8) is 0 Å². The number of H-pyrrole nitrogens is 1. The van der Waals surface area contributed by atoms with Gasteiger partial charge >= 0.3 is 0 Å². The fourth-order valence-electron chi connectivity index (χ4n) is 1.53. The van der Waals surface area contributed by atoms with Crippen molar-refractivity contribution in [3.05, 3.63) is 29.6 Å². The number of carbonyl (C=O) groups is 1. The average molecular weight is 263 g/mol. The van der Waals surface area contributed by atoms with E-state index in [1.165, 1.54) is 0 Å². The highest BCUT2D eigenvalue weighted by atomic mass is 16.5. The van der Waals surface area contributed by atoms with Gasteiger partial charge in [0.15, 0.2) is 0 Å². The molecule has 100 valence electrons. The van der Waals surface area contributed by atoms with Crippen LogP contribution in [0.2, 0.25) is 0 Å². The third kappa shape index (κ3) is 2.97. The number of nitrogens with one attached hydrogen (secondary N) is 2. The first-order valence-electron chi connectivity index (χ1n) is 5.47. The molecule has 2 rings (SSSR count). The van der Waals surface area contributed by atoms with Gasteiger partial charge in [0.25, 0.3) is 11.7 Å². The molecule has 0 bridgehead atoms. The number of methoxy groups -OCH3 is 2. The van der Waals surface area contributed by atoms with Crippen molar-refractivity contribution in [1.29, 1.82) is 0 Å². The van der Waals surface area contributed by atoms with E-state index in [1.807, 2.05) is 0 Å². The summed E-state index contributed by atoms with van der Waals surface area (Å²) in [6.45, 7) is 0.272. The maximum atomic E-state index is 11.7. The molecule has 0 saturated heterocycles. The number of aromatic amines is 1. The van der Waals surface area contributed by atoms with Crippen molar-refractivity contribution in [2.45, 2.75) is 6.54 Å². The lowest BCUT2D eigenvalue weighted by Crippen LogP contribution is -2.24. The first-order chi connectivity index (χ1) is 9.24. The van der Waals surface area contributed by atoms with E-state index >= 15 is 0 Å². The van der Waals surface area contributed by atoms with Gasteiger partial charge in [-0.25, -0.2) is 0 Å². The molecule has 0 radical (unpaired) electrons. The number of carbonyl (C=O) groups excluding carboxylic acids is 1. The number of nitrogens with zero attached hydrogens (tertiary/aromatic N) is 3. The Balaban J connectivity index is 2.08. The summed E-state index contributed by atoms with van der Waals surface area (Å²) < 4.78 is 10.3. The van der Waals surface area contributed by atoms with Crippen LogP contribution in [-0.4, -0.2) is 40.8 Å². The van der Waals surface area contributed by atoms with E-state index in [-0.39, 0.29) is 12.4 Å². The van der Waals surface area contributed by atoms with Gasteiger partial charge in [0.1, 0.15) is 11.5 Å². The van der Waals surface area contributed by atoms with E-state index in [1.54, 1.807) is 32.4 Å². The van der Waals surface area contributed by atoms with Crippen LogP contribution in [0, 0.1) is 0 Å². The van der Waals surface area contributed by atoms with Crippen LogP contribution in [-0.2, 0) is 6.54 Å². The van der Waals surface area contributed by atoms with E-state index < -0.39 is 5.91 Å². The molecule has 0 aliphatic rings. The molecule has 1 heterocycles. The second-order valence-corrected chi connectivity index (χ2v) is 3.60. The highest BCUT2D eigenvalue weighted by molar-refractivity contribution is 5.90. The largest absolute Gasteiger partial charge is 0.497 e. The van der Waals surface area contributed by atoms with Crippen molar-refractivity contribution in [2.75, 3.05) is 14.2 Å². The van der Waals surface area contributed by atoms with Crippen LogP contribution in [0.4, 0.5) is 0 Å². The van der Waals surface area contributed by atoms with Crippen molar-refractivity contribution >= 4 is 5.91 Å². The van der Waals surface area contributed by atoms with E-state index in [0.29, 0.717) is 11.5 Å². The molecule has 1 aromatic carbocycles. The second-order valence-electron chi connectivity index (χ2n) is 3.60. The summed E-state index contributed by atoms with van der Waals surface area (Å²) in [5.74, 6) is 0.916. The van der Waals surface area contributed by atoms with Crippen LogP contribution in [0.3, 0.4) is 0 Å². The topological polar surface area (TPSA) is 102 Å². The van der Waals surface area contributed by atoms with Gasteiger partial charge in [0, 0.05) is 12.1 Å². The fourth-order valence-corrected chi connectivity index (χ4v) is 1.53. The molecular formula is C11H13N5O3. The highest BCUT2D eigenvalue weighted by Gasteiger charge is 2.12. The van der Waals surface area contributed by atoms with Crippen molar-refractivity contribution in [2.24, 2.45) is 0 Å². The Morgan fingerprint density at radius 1 is 1.37 bits per heavy atom. The second kappa shape index (κ2) is 5.80. The first kappa shape index (κ1) is 12.8. The number of rotatable bonds is 5. The Hall–Kier alpha value is -2.64. The maximum absolute atomic E-state index is 11.7. The van der Waals surface area contributed by atoms with Crippen molar-refractivity contribution < 1.29 is 14.3 Å². The minimum atomic E-state index is -0.418. The van der Waals surface area contributed by atoms with Crippen LogP contribution in [0.5, 0.6) is 11.5 Å². The summed E-state index contributed by atoms with van der Waals surface area (Å²) in [5.41, 5.74) is 0.790. The van der Waals surface area contributed by atoms with Gasteiger partial charge < -0.3 is 14.8 Å². The fraction of sp³-hybridized carbons (Fsp3) is 0.273. The molecule has 0 fully saturated rings. The Labute approximate surface area is 109 Å². The van der Waals surface area contributed by atoms with Crippen LogP contribution in [0.1, 0.15) is 16.2 Å². The Bertz CT molecular complexity index is 555. The maximum Gasteiger partial charge on any atom is 0.293 e. The molecule has 0 saturated carbocycles. The molecule has 0 spiro atoms. The molecule has 8 nitrogen and oxygen atoms in total. The summed E-state index contributed by atoms with van der Waals surface area (Å²) in [5, 5.41) is 15.4. The molecule has 0 aliphatic carbocycles. The zero-order valence-electron chi connectivity index (χ0n) is 10.5. The molecule has 0 aliphatic heterocycles. The monoisotopic (exact) mass is 263 g/mol. The van der Waals surface area contributed by atoms with Crippen LogP contribution in [0.25, 0.3) is 0 Å². The van der Waals surface area contributed by atoms with Gasteiger partial charge in [-0.2, -0.15) is 5.21 Å². The molecule has 0 unspecified atom stereocenters. The van der Waals surface area contributed by atoms with Crippen molar-refractivity contribution in [1.82, 2.24) is 25.9 Å². The number of hydrogen-bond acceptors (Lipinski definition) is 6. The predicted octanol–water partition coefficient (Wildman–Crippen LogP) is 0.147. The van der Waals surface area contributed by atoms with E-state index in [9.17, 15) is 4.79 Å². The van der Waals surface area contributed by atoms with Gasteiger partial charge in [-0.1, -0.05) is 0 Å². The lowest BCUT2D eigenvalue weighted by molar-refractivity contribution is 0.0940. The zero-order chi connectivity index (χ0) is 13.7. The lowest BCUT2D eigenvalue weighted by Gasteiger charge is -2.10. The number of tetrazole rings is 1. The summed E-state index contributed by atoms with van der Waals surface area (Å²) in [6.07, 6.45) is 0. The molecule has 1 aromatic heterocycles. The molecule has 8 heteroatoms. The quantitative estimate of drug-likeness (QED) is 0.796. The Morgan fingerprint density at radius 3 is 2.84 bits per heavy atom. The SMILES string of the molecule is COc1ccc(OC)c(CNC(=O)c2nn[nH]n2)c1. The van der Waals surface area contributed by atoms with Gasteiger partial charge in [-0.3, -0.25) is 4.79 Å².